The number of H-pyrrole nitrogens is 1. The summed E-state index contributed by atoms with van der Waals surface area (Å²) in [5.74, 6) is -0.676. The lowest BCUT2D eigenvalue weighted by Gasteiger charge is -2.17. The normalized spacial score (nSPS) is 13.4. The van der Waals surface area contributed by atoms with Crippen molar-refractivity contribution in [2.45, 2.75) is 39.0 Å². The minimum atomic E-state index is -0.348. The molecule has 3 rings (SSSR count). The summed E-state index contributed by atoms with van der Waals surface area (Å²) < 4.78 is 5.00. The number of rotatable bonds is 6. The van der Waals surface area contributed by atoms with E-state index in [1.54, 1.807) is 19.1 Å². The maximum Gasteiger partial charge on any atom is 0.311 e. The number of aromatic nitrogens is 2. The van der Waals surface area contributed by atoms with Crippen LogP contribution in [0.3, 0.4) is 0 Å². The molecular weight excluding hydrogens is 356 g/mol. The average Bonchev–Trinajstić information content (AvgIpc) is 3.19. The minimum Gasteiger partial charge on any atom is -0.466 e. The predicted molar refractivity (Wildman–Crippen MR) is 104 cm³/mol. The van der Waals surface area contributed by atoms with Crippen LogP contribution in [-0.4, -0.2) is 28.5 Å². The van der Waals surface area contributed by atoms with E-state index in [2.05, 4.69) is 21.4 Å². The molecular formula is C21H22N4O3. The average molecular weight is 378 g/mol. The van der Waals surface area contributed by atoms with Gasteiger partial charge in [-0.2, -0.15) is 5.26 Å². The molecule has 1 aliphatic carbocycles. The van der Waals surface area contributed by atoms with E-state index in [1.807, 2.05) is 6.07 Å². The minimum absolute atomic E-state index is 0.0878. The van der Waals surface area contributed by atoms with Gasteiger partial charge in [0.2, 0.25) is 0 Å². The summed E-state index contributed by atoms with van der Waals surface area (Å²) in [6.07, 6.45) is 7.75. The first-order chi connectivity index (χ1) is 13.6. The van der Waals surface area contributed by atoms with Crippen molar-refractivity contribution >= 4 is 23.1 Å². The number of amides is 1. The summed E-state index contributed by atoms with van der Waals surface area (Å²) in [6, 6.07) is 6.97. The summed E-state index contributed by atoms with van der Waals surface area (Å²) in [5, 5.41) is 11.8. The fourth-order valence-electron chi connectivity index (χ4n) is 3.14. The van der Waals surface area contributed by atoms with Gasteiger partial charge in [-0.1, -0.05) is 6.08 Å². The highest BCUT2D eigenvalue weighted by atomic mass is 16.5. The van der Waals surface area contributed by atoms with E-state index < -0.39 is 0 Å². The van der Waals surface area contributed by atoms with Gasteiger partial charge in [0.25, 0.3) is 5.91 Å². The lowest BCUT2D eigenvalue weighted by molar-refractivity contribution is -0.142. The van der Waals surface area contributed by atoms with Crippen molar-refractivity contribution in [3.8, 4) is 6.07 Å². The number of carbonyl (C=O) groups excluding carboxylic acids is 2. The van der Waals surface area contributed by atoms with Crippen LogP contribution in [0.25, 0.3) is 5.57 Å². The molecule has 7 nitrogen and oxygen atoms in total. The van der Waals surface area contributed by atoms with Gasteiger partial charge in [-0.3, -0.25) is 14.6 Å². The monoisotopic (exact) mass is 378 g/mol. The molecule has 7 heteroatoms. The Kier molecular flexibility index (Phi) is 6.22. The number of nitrogens with zero attached hydrogens (tertiary/aromatic N) is 2. The van der Waals surface area contributed by atoms with Crippen LogP contribution in [0.5, 0.6) is 0 Å². The highest BCUT2D eigenvalue weighted by molar-refractivity contribution is 6.04. The number of pyridine rings is 1. The zero-order chi connectivity index (χ0) is 19.9. The molecule has 0 aromatic carbocycles. The van der Waals surface area contributed by atoms with Gasteiger partial charge in [-0.25, -0.2) is 0 Å². The molecule has 2 aromatic heterocycles. The number of hydrogen-bond donors (Lipinski definition) is 2. The first-order valence-corrected chi connectivity index (χ1v) is 9.35. The first kappa shape index (κ1) is 19.4. The van der Waals surface area contributed by atoms with Crippen molar-refractivity contribution in [3.63, 3.8) is 0 Å². The molecule has 2 heterocycles. The highest BCUT2D eigenvalue weighted by Crippen LogP contribution is 2.31. The van der Waals surface area contributed by atoms with E-state index in [0.29, 0.717) is 34.9 Å². The molecule has 0 saturated heterocycles. The molecule has 1 amide bonds. The standard InChI is InChI=1S/C21H22N4O3/c1-2-28-19(26)11-16-8-9-17(20(24-16)15-6-4-3-5-7-15)25-21(27)18-10-14(12-22)13-23-18/h6,8-10,13,23H,2-5,7,11H2,1H3,(H,25,27). The van der Waals surface area contributed by atoms with E-state index in [0.717, 1.165) is 31.3 Å². The molecule has 0 bridgehead atoms. The summed E-state index contributed by atoms with van der Waals surface area (Å²) in [4.78, 5) is 31.8. The van der Waals surface area contributed by atoms with Gasteiger partial charge < -0.3 is 15.0 Å². The number of anilines is 1. The number of nitriles is 1. The quantitative estimate of drug-likeness (QED) is 0.747. The number of allylic oxidation sites excluding steroid dienone is 2. The Balaban J connectivity index is 1.88. The van der Waals surface area contributed by atoms with Crippen molar-refractivity contribution in [1.29, 1.82) is 5.26 Å². The van der Waals surface area contributed by atoms with Gasteiger partial charge in [-0.15, -0.1) is 0 Å². The molecule has 0 radical (unpaired) electrons. The van der Waals surface area contributed by atoms with Gasteiger partial charge in [0.05, 0.1) is 35.7 Å². The van der Waals surface area contributed by atoms with E-state index in [1.165, 1.54) is 12.3 Å². The van der Waals surface area contributed by atoms with Crippen LogP contribution in [0.1, 0.15) is 60.0 Å². The second-order valence-corrected chi connectivity index (χ2v) is 6.52. The molecule has 2 aromatic rings. The third-order valence-electron chi connectivity index (χ3n) is 4.48. The molecule has 0 atom stereocenters. The summed E-state index contributed by atoms with van der Waals surface area (Å²) in [6.45, 7) is 2.09. The lowest BCUT2D eigenvalue weighted by Crippen LogP contribution is -2.16. The first-order valence-electron chi connectivity index (χ1n) is 9.35. The molecule has 0 spiro atoms. The number of aromatic amines is 1. The van der Waals surface area contributed by atoms with Gasteiger partial charge >= 0.3 is 5.97 Å². The predicted octanol–water partition coefficient (Wildman–Crippen LogP) is 3.60. The van der Waals surface area contributed by atoms with Crippen molar-refractivity contribution < 1.29 is 14.3 Å². The second-order valence-electron chi connectivity index (χ2n) is 6.52. The van der Waals surface area contributed by atoms with Gasteiger partial charge in [0.15, 0.2) is 0 Å². The highest BCUT2D eigenvalue weighted by Gasteiger charge is 2.18. The molecule has 0 fully saturated rings. The zero-order valence-electron chi connectivity index (χ0n) is 15.7. The summed E-state index contributed by atoms with van der Waals surface area (Å²) >= 11 is 0. The Morgan fingerprint density at radius 2 is 2.21 bits per heavy atom. The largest absolute Gasteiger partial charge is 0.466 e. The maximum atomic E-state index is 12.6. The molecule has 0 saturated carbocycles. The molecule has 0 aliphatic heterocycles. The van der Waals surface area contributed by atoms with Crippen molar-refractivity contribution in [2.75, 3.05) is 11.9 Å². The fraction of sp³-hybridized carbons (Fsp3) is 0.333. The zero-order valence-corrected chi connectivity index (χ0v) is 15.7. The molecule has 1 aliphatic rings. The lowest BCUT2D eigenvalue weighted by atomic mass is 9.95. The third-order valence-corrected chi connectivity index (χ3v) is 4.48. The number of hydrogen-bond acceptors (Lipinski definition) is 5. The van der Waals surface area contributed by atoms with Crippen molar-refractivity contribution in [3.05, 3.63) is 53.1 Å². The van der Waals surface area contributed by atoms with Crippen LogP contribution in [0.4, 0.5) is 5.69 Å². The molecule has 28 heavy (non-hydrogen) atoms. The molecule has 144 valence electrons. The Morgan fingerprint density at radius 1 is 1.36 bits per heavy atom. The van der Waals surface area contributed by atoms with Crippen LogP contribution < -0.4 is 5.32 Å². The van der Waals surface area contributed by atoms with Crippen LogP contribution in [0, 0.1) is 11.3 Å². The van der Waals surface area contributed by atoms with E-state index in [9.17, 15) is 9.59 Å². The number of ether oxygens (including phenoxy) is 1. The van der Waals surface area contributed by atoms with E-state index in [-0.39, 0.29) is 18.3 Å². The Hall–Kier alpha value is -3.40. The van der Waals surface area contributed by atoms with Gasteiger partial charge in [0, 0.05) is 6.20 Å². The SMILES string of the molecule is CCOC(=O)Cc1ccc(NC(=O)c2cc(C#N)c[nH]2)c(C2=CCCCC2)n1. The van der Waals surface area contributed by atoms with E-state index >= 15 is 0 Å². The topological polar surface area (TPSA) is 108 Å². The Morgan fingerprint density at radius 3 is 2.89 bits per heavy atom. The van der Waals surface area contributed by atoms with Crippen molar-refractivity contribution in [1.82, 2.24) is 9.97 Å². The van der Waals surface area contributed by atoms with Crippen molar-refractivity contribution in [2.24, 2.45) is 0 Å². The third kappa shape index (κ3) is 4.65. The smallest absolute Gasteiger partial charge is 0.311 e. The Labute approximate surface area is 163 Å². The maximum absolute atomic E-state index is 12.6. The van der Waals surface area contributed by atoms with Crippen LogP contribution >= 0.6 is 0 Å². The number of esters is 1. The fourth-order valence-corrected chi connectivity index (χ4v) is 3.14. The number of nitrogens with one attached hydrogen (secondary N) is 2. The van der Waals surface area contributed by atoms with Crippen LogP contribution in [0.15, 0.2) is 30.5 Å². The van der Waals surface area contributed by atoms with Gasteiger partial charge in [-0.05, 0) is 56.4 Å². The summed E-state index contributed by atoms with van der Waals surface area (Å²) in [7, 11) is 0. The van der Waals surface area contributed by atoms with Crippen LogP contribution in [0.2, 0.25) is 0 Å². The molecule has 0 unspecified atom stereocenters. The summed E-state index contributed by atoms with van der Waals surface area (Å²) in [5.41, 5.74) is 3.63. The number of carbonyl (C=O) groups is 2. The van der Waals surface area contributed by atoms with Gasteiger partial charge in [0.1, 0.15) is 11.8 Å². The van der Waals surface area contributed by atoms with E-state index in [4.69, 9.17) is 10.00 Å². The Bertz CT molecular complexity index is 953. The van der Waals surface area contributed by atoms with Crippen LogP contribution in [-0.2, 0) is 16.0 Å². The molecule has 2 N–H and O–H groups in total. The second kappa shape index (κ2) is 9.00.